The summed E-state index contributed by atoms with van der Waals surface area (Å²) in [4.78, 5) is 33.1. The Labute approximate surface area is 477 Å². The minimum atomic E-state index is -4.34. The standard InChI is InChI=1S/C24H21F3N4.C21H24N4O.C21H24N4/c1-16-6-8-17(9-7-16)15-29-23-30-21-5-3-2-4-20(21)22(31-23)28-14-18-10-12-19(13-11-18)24(25,26)27;1-26-19-12-6-3-9-16(19)15-22-20-17-10-4-5-11-18(17)23-21(24-20)25-13-7-2-8-14-25;1-16-8-7-9-17(14-16)15-22-20-18-10-3-4-11-19(18)23-21(24-20)25-12-5-2-6-13-25/h2-13H,14-15H2,1H3,(H2,28,29,30,31);3-6,9-12H,2,7-8,13-15H2,1H3,(H,22,23,24);3-4,7-11,14H,2,5-6,12-13,15H2,1H3,(H,22,23,24). The zero-order chi connectivity index (χ0) is 56.7. The first-order chi connectivity index (χ1) is 40.0. The van der Waals surface area contributed by atoms with E-state index in [0.29, 0.717) is 31.4 Å². The molecule has 2 fully saturated rings. The topological polar surface area (TPSA) is 141 Å². The summed E-state index contributed by atoms with van der Waals surface area (Å²) in [6.45, 7) is 10.7. The normalized spacial score (nSPS) is 13.4. The molecule has 0 saturated carbocycles. The van der Waals surface area contributed by atoms with Crippen molar-refractivity contribution in [2.75, 3.05) is 64.4 Å². The molecule has 0 aliphatic carbocycles. The molecule has 5 heterocycles. The number of piperidine rings is 2. The fourth-order valence-electron chi connectivity index (χ4n) is 10.1. The summed E-state index contributed by atoms with van der Waals surface area (Å²) in [5.41, 5.74) is 8.78. The van der Waals surface area contributed by atoms with E-state index in [-0.39, 0.29) is 0 Å². The molecule has 13 nitrogen and oxygen atoms in total. The number of para-hydroxylation sites is 4. The van der Waals surface area contributed by atoms with Gasteiger partial charge in [-0.05, 0) is 124 Å². The van der Waals surface area contributed by atoms with E-state index in [2.05, 4.69) is 115 Å². The molecule has 10 aromatic rings. The number of benzene rings is 7. The first-order valence-electron chi connectivity index (χ1n) is 28.2. The van der Waals surface area contributed by atoms with Crippen molar-refractivity contribution in [3.05, 3.63) is 209 Å². The third-order valence-electron chi connectivity index (χ3n) is 14.6. The first kappa shape index (κ1) is 56.2. The minimum absolute atomic E-state index is 0.344. The summed E-state index contributed by atoms with van der Waals surface area (Å²) in [7, 11) is 1.70. The molecule has 2 aliphatic rings. The van der Waals surface area contributed by atoms with Crippen LogP contribution in [0.5, 0.6) is 5.75 Å². The maximum atomic E-state index is 12.8. The van der Waals surface area contributed by atoms with Gasteiger partial charge in [-0.3, -0.25) is 0 Å². The number of nitrogens with zero attached hydrogens (tertiary/aromatic N) is 8. The van der Waals surface area contributed by atoms with Crippen LogP contribution in [0.2, 0.25) is 0 Å². The molecule has 2 aliphatic heterocycles. The Hall–Kier alpha value is -9.05. The molecule has 12 rings (SSSR count). The number of alkyl halides is 3. The molecule has 420 valence electrons. The molecule has 0 unspecified atom stereocenters. The van der Waals surface area contributed by atoms with Gasteiger partial charge in [-0.25, -0.2) is 15.0 Å². The number of fused-ring (bicyclic) bond motifs is 3. The fourth-order valence-corrected chi connectivity index (χ4v) is 10.1. The lowest BCUT2D eigenvalue weighted by atomic mass is 10.1. The number of ether oxygens (including phenoxy) is 1. The minimum Gasteiger partial charge on any atom is -0.496 e. The number of aryl methyl sites for hydroxylation is 2. The number of hydrogen-bond donors (Lipinski definition) is 4. The molecule has 0 amide bonds. The molecule has 0 atom stereocenters. The Balaban J connectivity index is 0.000000139. The van der Waals surface area contributed by atoms with Gasteiger partial charge < -0.3 is 35.8 Å². The van der Waals surface area contributed by atoms with Crippen LogP contribution in [0.1, 0.15) is 77.5 Å². The van der Waals surface area contributed by atoms with Gasteiger partial charge in [0.15, 0.2) is 0 Å². The summed E-state index contributed by atoms with van der Waals surface area (Å²) in [6.07, 6.45) is 3.13. The van der Waals surface area contributed by atoms with Crippen LogP contribution in [0.3, 0.4) is 0 Å². The van der Waals surface area contributed by atoms with Gasteiger partial charge in [0.1, 0.15) is 23.2 Å². The van der Waals surface area contributed by atoms with Crippen molar-refractivity contribution >= 4 is 68.0 Å². The molecule has 2 saturated heterocycles. The Morgan fingerprint density at radius 2 is 0.890 bits per heavy atom. The maximum Gasteiger partial charge on any atom is 0.416 e. The van der Waals surface area contributed by atoms with E-state index in [9.17, 15) is 13.2 Å². The lowest BCUT2D eigenvalue weighted by molar-refractivity contribution is -0.137. The molecule has 0 spiro atoms. The number of rotatable bonds is 15. The molecule has 82 heavy (non-hydrogen) atoms. The van der Waals surface area contributed by atoms with Crippen molar-refractivity contribution in [1.82, 2.24) is 29.9 Å². The predicted molar refractivity (Wildman–Crippen MR) is 327 cm³/mol. The van der Waals surface area contributed by atoms with Gasteiger partial charge in [-0.15, -0.1) is 0 Å². The smallest absolute Gasteiger partial charge is 0.416 e. The van der Waals surface area contributed by atoms with Gasteiger partial charge in [-0.1, -0.05) is 126 Å². The Kier molecular flexibility index (Phi) is 18.5. The van der Waals surface area contributed by atoms with Gasteiger partial charge in [0, 0.05) is 74.1 Å². The number of nitrogens with one attached hydrogen (secondary N) is 4. The SMILES string of the molecule is COc1ccccc1CNc1nc(N2CCCCC2)nc2ccccc12.Cc1ccc(CNc2nc(NCc3ccc(C(F)(F)F)cc3)c3ccccc3n2)cc1.Cc1cccc(CNc2nc(N3CCCCC3)nc3ccccc23)c1. The zero-order valence-corrected chi connectivity index (χ0v) is 46.7. The second-order valence-electron chi connectivity index (χ2n) is 20.7. The van der Waals surface area contributed by atoms with Crippen molar-refractivity contribution in [2.45, 2.75) is 84.7 Å². The van der Waals surface area contributed by atoms with Crippen LogP contribution in [0.4, 0.5) is 48.5 Å². The third-order valence-corrected chi connectivity index (χ3v) is 14.6. The van der Waals surface area contributed by atoms with Crippen LogP contribution in [0.25, 0.3) is 32.7 Å². The lowest BCUT2D eigenvalue weighted by Gasteiger charge is -2.27. The van der Waals surface area contributed by atoms with Gasteiger partial charge in [0.05, 0.1) is 29.2 Å². The number of anilines is 6. The summed E-state index contributed by atoms with van der Waals surface area (Å²) in [5.74, 6) is 5.46. The van der Waals surface area contributed by atoms with E-state index in [4.69, 9.17) is 24.7 Å². The highest BCUT2D eigenvalue weighted by molar-refractivity contribution is 5.92. The van der Waals surface area contributed by atoms with Crippen molar-refractivity contribution in [1.29, 1.82) is 0 Å². The monoisotopic (exact) mass is 1100 g/mol. The molecular formula is C66H69F3N12O. The van der Waals surface area contributed by atoms with E-state index in [1.165, 1.54) is 67.3 Å². The molecular weight excluding hydrogens is 1030 g/mol. The molecule has 16 heteroatoms. The highest BCUT2D eigenvalue weighted by Crippen LogP contribution is 2.31. The lowest BCUT2D eigenvalue weighted by Crippen LogP contribution is -2.31. The van der Waals surface area contributed by atoms with Crippen molar-refractivity contribution in [2.24, 2.45) is 0 Å². The molecule has 4 N–H and O–H groups in total. The van der Waals surface area contributed by atoms with Gasteiger partial charge in [0.25, 0.3) is 0 Å². The van der Waals surface area contributed by atoms with Crippen molar-refractivity contribution < 1.29 is 17.9 Å². The van der Waals surface area contributed by atoms with Gasteiger partial charge in [0.2, 0.25) is 17.8 Å². The number of halogens is 3. The van der Waals surface area contributed by atoms with E-state index < -0.39 is 11.7 Å². The first-order valence-corrected chi connectivity index (χ1v) is 28.2. The van der Waals surface area contributed by atoms with Crippen LogP contribution in [0, 0.1) is 13.8 Å². The van der Waals surface area contributed by atoms with Gasteiger partial charge in [-0.2, -0.15) is 28.1 Å². The van der Waals surface area contributed by atoms with Crippen LogP contribution in [-0.2, 0) is 32.4 Å². The number of aromatic nitrogens is 6. The highest BCUT2D eigenvalue weighted by Gasteiger charge is 2.30. The van der Waals surface area contributed by atoms with Crippen LogP contribution < -0.4 is 35.8 Å². The average Bonchev–Trinajstić information content (AvgIpc) is 3.56. The summed E-state index contributed by atoms with van der Waals surface area (Å²) in [5, 5.41) is 16.5. The second-order valence-corrected chi connectivity index (χ2v) is 20.7. The van der Waals surface area contributed by atoms with Crippen LogP contribution in [-0.4, -0.2) is 63.2 Å². The Morgan fingerprint density at radius 1 is 0.427 bits per heavy atom. The van der Waals surface area contributed by atoms with E-state index in [1.54, 1.807) is 7.11 Å². The van der Waals surface area contributed by atoms with E-state index in [1.807, 2.05) is 85.8 Å². The number of hydrogen-bond acceptors (Lipinski definition) is 13. The Morgan fingerprint density at radius 3 is 1.43 bits per heavy atom. The average molecular weight is 1100 g/mol. The molecule has 0 radical (unpaired) electrons. The molecule has 3 aromatic heterocycles. The number of methoxy groups -OCH3 is 1. The van der Waals surface area contributed by atoms with E-state index >= 15 is 0 Å². The third kappa shape index (κ3) is 14.8. The summed E-state index contributed by atoms with van der Waals surface area (Å²) >= 11 is 0. The highest BCUT2D eigenvalue weighted by atomic mass is 19.4. The Bertz CT molecular complexity index is 3700. The predicted octanol–water partition coefficient (Wildman–Crippen LogP) is 15.0. The quantitative estimate of drug-likeness (QED) is 0.0775. The van der Waals surface area contributed by atoms with Crippen molar-refractivity contribution in [3.63, 3.8) is 0 Å². The second kappa shape index (κ2) is 26.9. The fraction of sp³-hybridized carbons (Fsp3) is 0.273. The largest absolute Gasteiger partial charge is 0.496 e. The molecule has 0 bridgehead atoms. The van der Waals surface area contributed by atoms with Crippen LogP contribution >= 0.6 is 0 Å². The maximum absolute atomic E-state index is 12.8. The van der Waals surface area contributed by atoms with Crippen LogP contribution in [0.15, 0.2) is 170 Å². The summed E-state index contributed by atoms with van der Waals surface area (Å²) < 4.78 is 43.8. The zero-order valence-electron chi connectivity index (χ0n) is 46.7. The van der Waals surface area contributed by atoms with Gasteiger partial charge >= 0.3 is 6.18 Å². The summed E-state index contributed by atoms with van der Waals surface area (Å²) in [6, 6.07) is 54.0. The molecule has 7 aromatic carbocycles. The van der Waals surface area contributed by atoms with Crippen molar-refractivity contribution in [3.8, 4) is 5.75 Å². The van der Waals surface area contributed by atoms with E-state index in [0.717, 1.165) is 124 Å².